The first-order valence-electron chi connectivity index (χ1n) is 5.98. The van der Waals surface area contributed by atoms with Crippen molar-refractivity contribution in [3.63, 3.8) is 0 Å². The van der Waals surface area contributed by atoms with Crippen LogP contribution in [0.15, 0.2) is 0 Å². The minimum atomic E-state index is -2.58. The number of rotatable bonds is 6. The molecule has 0 radical (unpaired) electrons. The molecule has 0 spiro atoms. The number of hydrogen-bond acceptors (Lipinski definition) is 3. The number of amides is 1. The van der Waals surface area contributed by atoms with Crippen LogP contribution in [-0.2, 0) is 9.53 Å². The lowest BCUT2D eigenvalue weighted by Gasteiger charge is -2.27. The molecule has 4 nitrogen and oxygen atoms in total. The molecule has 0 bridgehead atoms. The van der Waals surface area contributed by atoms with E-state index in [0.717, 1.165) is 0 Å². The molecule has 17 heavy (non-hydrogen) atoms. The van der Waals surface area contributed by atoms with Crippen molar-refractivity contribution < 1.29 is 18.3 Å². The average molecular weight is 250 g/mol. The molecular formula is C11H20F2N2O2. The Hall–Kier alpha value is -0.750. The van der Waals surface area contributed by atoms with Crippen molar-refractivity contribution >= 4 is 5.91 Å². The molecule has 1 fully saturated rings. The predicted molar refractivity (Wildman–Crippen MR) is 59.8 cm³/mol. The standard InChI is InChI=1S/C11H20F2N2O2/c12-11(13)3-1-9(2-4-11)10(16)15-6-8-17-7-5-14/h9H,1-8,14H2,(H,15,16). The lowest BCUT2D eigenvalue weighted by atomic mass is 9.86. The smallest absolute Gasteiger partial charge is 0.248 e. The normalized spacial score (nSPS) is 20.2. The van der Waals surface area contributed by atoms with Gasteiger partial charge in [-0.25, -0.2) is 8.78 Å². The summed E-state index contributed by atoms with van der Waals surface area (Å²) < 4.78 is 30.8. The number of halogens is 2. The molecule has 1 aliphatic rings. The summed E-state index contributed by atoms with van der Waals surface area (Å²) in [6.45, 7) is 1.73. The highest BCUT2D eigenvalue weighted by atomic mass is 19.3. The Morgan fingerprint density at radius 2 is 2.00 bits per heavy atom. The van der Waals surface area contributed by atoms with Crippen LogP contribution in [0, 0.1) is 5.92 Å². The Morgan fingerprint density at radius 3 is 2.59 bits per heavy atom. The molecule has 100 valence electrons. The van der Waals surface area contributed by atoms with Crippen molar-refractivity contribution in [1.29, 1.82) is 0 Å². The number of alkyl halides is 2. The predicted octanol–water partition coefficient (Wildman–Crippen LogP) is 0.903. The zero-order valence-corrected chi connectivity index (χ0v) is 9.88. The Morgan fingerprint density at radius 1 is 1.35 bits per heavy atom. The summed E-state index contributed by atoms with van der Waals surface area (Å²) in [5, 5.41) is 2.69. The molecule has 0 aromatic heterocycles. The first-order chi connectivity index (χ1) is 8.05. The summed E-state index contributed by atoms with van der Waals surface area (Å²) in [6.07, 6.45) is 0.161. The maximum atomic E-state index is 12.9. The Balaban J connectivity index is 2.12. The van der Waals surface area contributed by atoms with Crippen molar-refractivity contribution in [2.45, 2.75) is 31.6 Å². The highest BCUT2D eigenvalue weighted by Gasteiger charge is 2.37. The fourth-order valence-corrected chi connectivity index (χ4v) is 1.88. The fourth-order valence-electron chi connectivity index (χ4n) is 1.88. The van der Waals surface area contributed by atoms with Crippen LogP contribution in [0.4, 0.5) is 8.78 Å². The first-order valence-corrected chi connectivity index (χ1v) is 5.98. The number of ether oxygens (including phenoxy) is 1. The van der Waals surface area contributed by atoms with Gasteiger partial charge in [-0.3, -0.25) is 4.79 Å². The molecule has 0 unspecified atom stereocenters. The van der Waals surface area contributed by atoms with Gasteiger partial charge in [0.15, 0.2) is 0 Å². The van der Waals surface area contributed by atoms with Gasteiger partial charge in [0, 0.05) is 31.8 Å². The van der Waals surface area contributed by atoms with Crippen molar-refractivity contribution in [1.82, 2.24) is 5.32 Å². The van der Waals surface area contributed by atoms with E-state index in [9.17, 15) is 13.6 Å². The van der Waals surface area contributed by atoms with Crippen LogP contribution in [0.2, 0.25) is 0 Å². The van der Waals surface area contributed by atoms with Crippen LogP contribution in [0.3, 0.4) is 0 Å². The van der Waals surface area contributed by atoms with Gasteiger partial charge in [0.2, 0.25) is 11.8 Å². The minimum absolute atomic E-state index is 0.142. The topological polar surface area (TPSA) is 64.3 Å². The van der Waals surface area contributed by atoms with Gasteiger partial charge in [0.25, 0.3) is 0 Å². The third kappa shape index (κ3) is 5.41. The maximum Gasteiger partial charge on any atom is 0.248 e. The SMILES string of the molecule is NCCOCCNC(=O)C1CCC(F)(F)CC1. The van der Waals surface area contributed by atoms with Crippen molar-refractivity contribution in [3.8, 4) is 0 Å². The zero-order valence-electron chi connectivity index (χ0n) is 9.88. The average Bonchev–Trinajstić information content (AvgIpc) is 2.28. The van der Waals surface area contributed by atoms with E-state index in [-0.39, 0.29) is 37.5 Å². The van der Waals surface area contributed by atoms with E-state index in [1.165, 1.54) is 0 Å². The number of nitrogens with one attached hydrogen (secondary N) is 1. The van der Waals surface area contributed by atoms with Gasteiger partial charge in [0.1, 0.15) is 0 Å². The maximum absolute atomic E-state index is 12.9. The van der Waals surface area contributed by atoms with Crippen molar-refractivity contribution in [2.75, 3.05) is 26.3 Å². The molecule has 3 N–H and O–H groups in total. The molecule has 0 aromatic rings. The van der Waals surface area contributed by atoms with Gasteiger partial charge in [-0.15, -0.1) is 0 Å². The quantitative estimate of drug-likeness (QED) is 0.688. The monoisotopic (exact) mass is 250 g/mol. The van der Waals surface area contributed by atoms with E-state index in [2.05, 4.69) is 5.32 Å². The Bertz CT molecular complexity index is 240. The zero-order chi connectivity index (χ0) is 12.7. The molecule has 1 saturated carbocycles. The lowest BCUT2D eigenvalue weighted by Crippen LogP contribution is -2.37. The molecule has 0 heterocycles. The Kier molecular flexibility index (Phi) is 5.77. The summed E-state index contributed by atoms with van der Waals surface area (Å²) in [6, 6.07) is 0. The molecule has 0 atom stereocenters. The summed E-state index contributed by atoms with van der Waals surface area (Å²) >= 11 is 0. The molecule has 1 amide bonds. The van der Waals surface area contributed by atoms with Crippen LogP contribution >= 0.6 is 0 Å². The van der Waals surface area contributed by atoms with Crippen LogP contribution in [-0.4, -0.2) is 38.1 Å². The second-order valence-corrected chi connectivity index (χ2v) is 4.32. The van der Waals surface area contributed by atoms with Crippen LogP contribution in [0.5, 0.6) is 0 Å². The minimum Gasteiger partial charge on any atom is -0.378 e. The molecule has 0 aromatic carbocycles. The summed E-state index contributed by atoms with van der Waals surface area (Å²) in [7, 11) is 0. The van der Waals surface area contributed by atoms with Gasteiger partial charge in [-0.2, -0.15) is 0 Å². The van der Waals surface area contributed by atoms with E-state index in [4.69, 9.17) is 10.5 Å². The molecule has 6 heteroatoms. The van der Waals surface area contributed by atoms with E-state index >= 15 is 0 Å². The second kappa shape index (κ2) is 6.86. The van der Waals surface area contributed by atoms with E-state index < -0.39 is 5.92 Å². The molecule has 0 aliphatic heterocycles. The molecule has 1 aliphatic carbocycles. The van der Waals surface area contributed by atoms with Gasteiger partial charge in [-0.05, 0) is 12.8 Å². The fraction of sp³-hybridized carbons (Fsp3) is 0.909. The summed E-state index contributed by atoms with van der Waals surface area (Å²) in [5.74, 6) is -3.00. The molecule has 1 rings (SSSR count). The number of carbonyl (C=O) groups excluding carboxylic acids is 1. The first kappa shape index (κ1) is 14.3. The van der Waals surface area contributed by atoms with Crippen molar-refractivity contribution in [3.05, 3.63) is 0 Å². The second-order valence-electron chi connectivity index (χ2n) is 4.32. The lowest BCUT2D eigenvalue weighted by molar-refractivity contribution is -0.129. The van der Waals surface area contributed by atoms with E-state index in [1.807, 2.05) is 0 Å². The van der Waals surface area contributed by atoms with Gasteiger partial charge >= 0.3 is 0 Å². The van der Waals surface area contributed by atoms with E-state index in [1.54, 1.807) is 0 Å². The van der Waals surface area contributed by atoms with Crippen LogP contribution < -0.4 is 11.1 Å². The number of nitrogens with two attached hydrogens (primary N) is 1. The Labute approximate surface area is 99.9 Å². The summed E-state index contributed by atoms with van der Waals surface area (Å²) in [5.41, 5.74) is 5.23. The van der Waals surface area contributed by atoms with Crippen molar-refractivity contribution in [2.24, 2.45) is 11.7 Å². The molecular weight excluding hydrogens is 230 g/mol. The summed E-state index contributed by atoms with van der Waals surface area (Å²) in [4.78, 5) is 11.6. The number of carbonyl (C=O) groups is 1. The van der Waals surface area contributed by atoms with Crippen LogP contribution in [0.25, 0.3) is 0 Å². The molecule has 0 saturated heterocycles. The highest BCUT2D eigenvalue weighted by Crippen LogP contribution is 2.36. The third-order valence-electron chi connectivity index (χ3n) is 2.90. The third-order valence-corrected chi connectivity index (χ3v) is 2.90. The van der Waals surface area contributed by atoms with Gasteiger partial charge < -0.3 is 15.8 Å². The van der Waals surface area contributed by atoms with Gasteiger partial charge in [-0.1, -0.05) is 0 Å². The largest absolute Gasteiger partial charge is 0.378 e. The van der Waals surface area contributed by atoms with Crippen LogP contribution in [0.1, 0.15) is 25.7 Å². The van der Waals surface area contributed by atoms with E-state index in [0.29, 0.717) is 26.3 Å². The van der Waals surface area contributed by atoms with Gasteiger partial charge in [0.05, 0.1) is 13.2 Å². The highest BCUT2D eigenvalue weighted by molar-refractivity contribution is 5.78. The number of hydrogen-bond donors (Lipinski definition) is 2.